The third-order valence-electron chi connectivity index (χ3n) is 2.36. The van der Waals surface area contributed by atoms with Crippen molar-refractivity contribution in [3.8, 4) is 0 Å². The zero-order chi connectivity index (χ0) is 12.8. The van der Waals surface area contributed by atoms with Crippen molar-refractivity contribution in [2.24, 2.45) is 0 Å². The van der Waals surface area contributed by atoms with Gasteiger partial charge in [0.1, 0.15) is 0 Å². The Balaban J connectivity index is 2.70. The van der Waals surface area contributed by atoms with Crippen molar-refractivity contribution >= 4 is 17.3 Å². The van der Waals surface area contributed by atoms with E-state index in [2.05, 4.69) is 4.74 Å². The number of esters is 1. The molecule has 0 amide bonds. The fourth-order valence-electron chi connectivity index (χ4n) is 1.49. The predicted molar refractivity (Wildman–Crippen MR) is 62.5 cm³/mol. The van der Waals surface area contributed by atoms with Gasteiger partial charge in [0, 0.05) is 23.7 Å². The van der Waals surface area contributed by atoms with Gasteiger partial charge in [0.25, 0.3) is 5.69 Å². The molecule has 0 saturated carbocycles. The Morgan fingerprint density at radius 1 is 1.53 bits per heavy atom. The van der Waals surface area contributed by atoms with E-state index in [9.17, 15) is 14.9 Å². The van der Waals surface area contributed by atoms with E-state index in [1.54, 1.807) is 12.1 Å². The molecule has 0 spiro atoms. The van der Waals surface area contributed by atoms with Crippen LogP contribution in [0.5, 0.6) is 0 Å². The summed E-state index contributed by atoms with van der Waals surface area (Å²) in [6.45, 7) is 0. The number of anilines is 1. The van der Waals surface area contributed by atoms with Crippen LogP contribution in [0.4, 0.5) is 11.4 Å². The van der Waals surface area contributed by atoms with E-state index in [1.807, 2.05) is 0 Å². The van der Waals surface area contributed by atoms with Gasteiger partial charge in [0.2, 0.25) is 0 Å². The first kappa shape index (κ1) is 13.0. The largest absolute Gasteiger partial charge is 0.469 e. The maximum Gasteiger partial charge on any atom is 0.305 e. The molecule has 1 rings (SSSR count). The number of nitrogens with two attached hydrogens (primary N) is 1. The van der Waals surface area contributed by atoms with E-state index in [1.165, 1.54) is 13.2 Å². The van der Waals surface area contributed by atoms with Crippen LogP contribution in [0.1, 0.15) is 18.4 Å². The molecule has 0 radical (unpaired) electrons. The third kappa shape index (κ3) is 3.75. The minimum absolute atomic E-state index is 0.00475. The zero-order valence-corrected chi connectivity index (χ0v) is 9.51. The molecule has 17 heavy (non-hydrogen) atoms. The third-order valence-corrected chi connectivity index (χ3v) is 2.36. The van der Waals surface area contributed by atoms with Crippen LogP contribution in [-0.4, -0.2) is 18.0 Å². The van der Waals surface area contributed by atoms with Crippen molar-refractivity contribution in [2.45, 2.75) is 19.3 Å². The van der Waals surface area contributed by atoms with E-state index in [-0.39, 0.29) is 18.1 Å². The smallest absolute Gasteiger partial charge is 0.305 e. The van der Waals surface area contributed by atoms with Gasteiger partial charge in [-0.1, -0.05) is 6.07 Å². The molecule has 1 aromatic carbocycles. The number of nitro benzene ring substituents is 1. The van der Waals surface area contributed by atoms with E-state index < -0.39 is 4.92 Å². The Kier molecular flexibility index (Phi) is 4.45. The molecule has 0 fully saturated rings. The highest BCUT2D eigenvalue weighted by Gasteiger charge is 2.14. The monoisotopic (exact) mass is 238 g/mol. The van der Waals surface area contributed by atoms with Gasteiger partial charge in [0.05, 0.1) is 12.0 Å². The van der Waals surface area contributed by atoms with E-state index in [0.717, 1.165) is 0 Å². The van der Waals surface area contributed by atoms with Gasteiger partial charge in [0.15, 0.2) is 0 Å². The Bertz CT molecular complexity index is 431. The second-order valence-electron chi connectivity index (χ2n) is 3.57. The molecule has 0 aliphatic rings. The highest BCUT2D eigenvalue weighted by Crippen LogP contribution is 2.23. The molecule has 0 unspecified atom stereocenters. The molecule has 2 N–H and O–H groups in total. The number of rotatable bonds is 5. The van der Waals surface area contributed by atoms with Crippen LogP contribution in [0.15, 0.2) is 18.2 Å². The van der Waals surface area contributed by atoms with Gasteiger partial charge in [-0.3, -0.25) is 14.9 Å². The Labute approximate surface area is 98.5 Å². The standard InChI is InChI=1S/C11H14N2O4/c1-17-11(14)4-2-3-8-5-6-9(12)7-10(8)13(15)16/h5-7H,2-4,12H2,1H3. The fourth-order valence-corrected chi connectivity index (χ4v) is 1.49. The quantitative estimate of drug-likeness (QED) is 0.364. The van der Waals surface area contributed by atoms with E-state index in [0.29, 0.717) is 24.1 Å². The predicted octanol–water partition coefficient (Wildman–Crippen LogP) is 1.67. The topological polar surface area (TPSA) is 95.5 Å². The van der Waals surface area contributed by atoms with Crippen molar-refractivity contribution in [3.05, 3.63) is 33.9 Å². The summed E-state index contributed by atoms with van der Waals surface area (Å²) in [5.74, 6) is -0.317. The van der Waals surface area contributed by atoms with Crippen molar-refractivity contribution in [1.82, 2.24) is 0 Å². The first-order valence-electron chi connectivity index (χ1n) is 5.14. The molecular weight excluding hydrogens is 224 g/mol. The Hall–Kier alpha value is -2.11. The lowest BCUT2D eigenvalue weighted by Crippen LogP contribution is -2.02. The average Bonchev–Trinajstić information content (AvgIpc) is 2.30. The molecule has 0 saturated heterocycles. The van der Waals surface area contributed by atoms with Crippen LogP contribution < -0.4 is 5.73 Å². The molecule has 6 heteroatoms. The van der Waals surface area contributed by atoms with Crippen LogP contribution in [0, 0.1) is 10.1 Å². The van der Waals surface area contributed by atoms with E-state index in [4.69, 9.17) is 5.73 Å². The highest BCUT2D eigenvalue weighted by atomic mass is 16.6. The van der Waals surface area contributed by atoms with Crippen LogP contribution in [0.25, 0.3) is 0 Å². The number of nitro groups is 1. The summed E-state index contributed by atoms with van der Waals surface area (Å²) < 4.78 is 4.49. The molecule has 6 nitrogen and oxygen atoms in total. The highest BCUT2D eigenvalue weighted by molar-refractivity contribution is 5.69. The van der Waals surface area contributed by atoms with Gasteiger partial charge in [-0.2, -0.15) is 0 Å². The number of nitrogens with zero attached hydrogens (tertiary/aromatic N) is 1. The summed E-state index contributed by atoms with van der Waals surface area (Å²) in [7, 11) is 1.31. The Morgan fingerprint density at radius 2 is 2.24 bits per heavy atom. The van der Waals surface area contributed by atoms with Crippen LogP contribution in [0.3, 0.4) is 0 Å². The number of benzene rings is 1. The van der Waals surface area contributed by atoms with Crippen LogP contribution >= 0.6 is 0 Å². The second-order valence-corrected chi connectivity index (χ2v) is 3.57. The maximum atomic E-state index is 10.9. The maximum absolute atomic E-state index is 10.9. The number of carbonyl (C=O) groups excluding carboxylic acids is 1. The number of hydrogen-bond donors (Lipinski definition) is 1. The summed E-state index contributed by atoms with van der Waals surface area (Å²) in [5, 5.41) is 10.8. The van der Waals surface area contributed by atoms with E-state index >= 15 is 0 Å². The molecule has 0 aromatic heterocycles. The summed E-state index contributed by atoms with van der Waals surface area (Å²) in [6, 6.07) is 4.55. The molecule has 0 aliphatic heterocycles. The zero-order valence-electron chi connectivity index (χ0n) is 9.51. The SMILES string of the molecule is COC(=O)CCCc1ccc(N)cc1[N+](=O)[O-]. The van der Waals surface area contributed by atoms with Crippen molar-refractivity contribution in [1.29, 1.82) is 0 Å². The van der Waals surface area contributed by atoms with Crippen molar-refractivity contribution in [3.63, 3.8) is 0 Å². The first-order valence-corrected chi connectivity index (χ1v) is 5.14. The molecule has 0 bridgehead atoms. The minimum Gasteiger partial charge on any atom is -0.469 e. The number of methoxy groups -OCH3 is 1. The summed E-state index contributed by atoms with van der Waals surface area (Å²) in [5.41, 5.74) is 6.41. The second kappa shape index (κ2) is 5.83. The molecular formula is C11H14N2O4. The number of aryl methyl sites for hydroxylation is 1. The van der Waals surface area contributed by atoms with Crippen LogP contribution in [-0.2, 0) is 16.0 Å². The van der Waals surface area contributed by atoms with Crippen molar-refractivity contribution in [2.75, 3.05) is 12.8 Å². The number of nitrogen functional groups attached to an aromatic ring is 1. The van der Waals surface area contributed by atoms with Gasteiger partial charge in [-0.15, -0.1) is 0 Å². The number of ether oxygens (including phenoxy) is 1. The summed E-state index contributed by atoms with van der Waals surface area (Å²) in [6.07, 6.45) is 1.21. The van der Waals surface area contributed by atoms with Gasteiger partial charge in [-0.25, -0.2) is 0 Å². The average molecular weight is 238 g/mol. The van der Waals surface area contributed by atoms with Gasteiger partial charge in [-0.05, 0) is 18.9 Å². The number of carbonyl (C=O) groups is 1. The van der Waals surface area contributed by atoms with Crippen LogP contribution in [0.2, 0.25) is 0 Å². The summed E-state index contributed by atoms with van der Waals surface area (Å²) in [4.78, 5) is 21.2. The molecule has 0 aliphatic carbocycles. The molecule has 0 heterocycles. The number of hydrogen-bond acceptors (Lipinski definition) is 5. The minimum atomic E-state index is -0.468. The molecule has 1 aromatic rings. The summed E-state index contributed by atoms with van der Waals surface area (Å²) >= 11 is 0. The lowest BCUT2D eigenvalue weighted by molar-refractivity contribution is -0.385. The Morgan fingerprint density at radius 3 is 2.82 bits per heavy atom. The normalized spacial score (nSPS) is 9.94. The lowest BCUT2D eigenvalue weighted by atomic mass is 10.1. The van der Waals surface area contributed by atoms with Crippen molar-refractivity contribution < 1.29 is 14.5 Å². The molecule has 92 valence electrons. The lowest BCUT2D eigenvalue weighted by Gasteiger charge is -2.03. The molecule has 0 atom stereocenters. The van der Waals surface area contributed by atoms with Gasteiger partial charge < -0.3 is 10.5 Å². The first-order chi connectivity index (χ1) is 8.04. The fraction of sp³-hybridized carbons (Fsp3) is 0.364. The van der Waals surface area contributed by atoms with Gasteiger partial charge >= 0.3 is 5.97 Å².